The number of hydrogen-bond acceptors (Lipinski definition) is 7. The zero-order valence-corrected chi connectivity index (χ0v) is 18.5. The molecule has 29 heavy (non-hydrogen) atoms. The van der Waals surface area contributed by atoms with Crippen LogP contribution in [0.3, 0.4) is 0 Å². The number of methoxy groups -OCH3 is 1. The number of nitrogens with one attached hydrogen (secondary N) is 2. The van der Waals surface area contributed by atoms with Crippen LogP contribution in [0.2, 0.25) is 0 Å². The first-order valence-corrected chi connectivity index (χ1v) is 10.1. The van der Waals surface area contributed by atoms with Gasteiger partial charge in [-0.25, -0.2) is 9.59 Å². The number of amides is 2. The number of aliphatic hydroxyl groups is 1. The molecule has 9 nitrogen and oxygen atoms in total. The van der Waals surface area contributed by atoms with Crippen LogP contribution in [0.4, 0.5) is 9.59 Å². The average Bonchev–Trinajstić information content (AvgIpc) is 2.87. The Hall–Kier alpha value is -2.03. The zero-order valence-electron chi connectivity index (χ0n) is 18.5. The van der Waals surface area contributed by atoms with Gasteiger partial charge in [0, 0.05) is 31.3 Å². The Morgan fingerprint density at radius 2 is 1.76 bits per heavy atom. The van der Waals surface area contributed by atoms with Crippen LogP contribution >= 0.6 is 0 Å². The number of aliphatic hydroxyl groups excluding tert-OH is 1. The molecule has 0 aromatic heterocycles. The SMILES string of the molecule is CCC(CC)C(NC(C)=O)[C@H]1[C@@H](O)[C@H](OC(=O)OC)C[C@H]1NC(=O)OC(C)(C)C. The molecule has 1 saturated carbocycles. The van der Waals surface area contributed by atoms with Crippen molar-refractivity contribution in [1.29, 1.82) is 0 Å². The predicted molar refractivity (Wildman–Crippen MR) is 106 cm³/mol. The fourth-order valence-corrected chi connectivity index (χ4v) is 3.96. The number of alkyl carbamates (subject to hydrolysis) is 1. The van der Waals surface area contributed by atoms with Gasteiger partial charge in [-0.05, 0) is 26.7 Å². The fourth-order valence-electron chi connectivity index (χ4n) is 3.96. The minimum absolute atomic E-state index is 0.0679. The van der Waals surface area contributed by atoms with E-state index < -0.39 is 48.1 Å². The Morgan fingerprint density at radius 3 is 2.21 bits per heavy atom. The van der Waals surface area contributed by atoms with E-state index in [4.69, 9.17) is 9.47 Å². The Labute approximate surface area is 172 Å². The van der Waals surface area contributed by atoms with Crippen LogP contribution in [0.25, 0.3) is 0 Å². The lowest BCUT2D eigenvalue weighted by molar-refractivity contribution is -0.121. The van der Waals surface area contributed by atoms with Gasteiger partial charge >= 0.3 is 12.2 Å². The molecular weight excluding hydrogens is 380 g/mol. The van der Waals surface area contributed by atoms with Crippen molar-refractivity contribution in [2.75, 3.05) is 7.11 Å². The standard InChI is InChI=1S/C20H36N2O7/c1-8-12(9-2)16(21-11(3)23)15-13(22-18(25)29-20(4,5)6)10-14(17(15)24)28-19(26)27-7/h12-17,24H,8-10H2,1-7H3,(H,21,23)(H,22,25)/t13-,14-,15+,16?,17+/m1/s1. The van der Waals surface area contributed by atoms with E-state index in [1.54, 1.807) is 20.8 Å². The molecule has 0 saturated heterocycles. The largest absolute Gasteiger partial charge is 0.508 e. The Kier molecular flexibility index (Phi) is 9.19. The van der Waals surface area contributed by atoms with Gasteiger partial charge in [0.05, 0.1) is 13.2 Å². The molecule has 0 aromatic rings. The zero-order chi connectivity index (χ0) is 22.4. The van der Waals surface area contributed by atoms with E-state index in [-0.39, 0.29) is 18.2 Å². The van der Waals surface area contributed by atoms with Gasteiger partial charge in [0.25, 0.3) is 0 Å². The number of hydrogen-bond donors (Lipinski definition) is 3. The van der Waals surface area contributed by atoms with Crippen molar-refractivity contribution in [3.63, 3.8) is 0 Å². The highest BCUT2D eigenvalue weighted by Gasteiger charge is 2.50. The molecule has 3 N–H and O–H groups in total. The predicted octanol–water partition coefficient (Wildman–Crippen LogP) is 2.35. The van der Waals surface area contributed by atoms with E-state index in [0.29, 0.717) is 0 Å². The maximum Gasteiger partial charge on any atom is 0.508 e. The maximum atomic E-state index is 12.4. The average molecular weight is 417 g/mol. The Bertz CT molecular complexity index is 572. The van der Waals surface area contributed by atoms with Gasteiger partial charge in [-0.1, -0.05) is 26.7 Å². The molecule has 0 aromatic carbocycles. The molecule has 1 aliphatic carbocycles. The molecule has 1 rings (SSSR count). The van der Waals surface area contributed by atoms with Crippen LogP contribution in [0, 0.1) is 11.8 Å². The lowest BCUT2D eigenvalue weighted by Gasteiger charge is -2.36. The lowest BCUT2D eigenvalue weighted by atomic mass is 9.81. The first kappa shape index (κ1) is 25.0. The third-order valence-corrected chi connectivity index (χ3v) is 5.18. The van der Waals surface area contributed by atoms with Crippen LogP contribution in [0.15, 0.2) is 0 Å². The molecule has 5 atom stereocenters. The van der Waals surface area contributed by atoms with Crippen molar-refractivity contribution in [1.82, 2.24) is 10.6 Å². The second kappa shape index (κ2) is 10.7. The summed E-state index contributed by atoms with van der Waals surface area (Å²) >= 11 is 0. The first-order chi connectivity index (χ1) is 13.4. The van der Waals surface area contributed by atoms with E-state index >= 15 is 0 Å². The molecule has 0 heterocycles. The molecule has 2 amide bonds. The molecule has 0 bridgehead atoms. The molecule has 9 heteroatoms. The van der Waals surface area contributed by atoms with Gasteiger partial charge in [0.1, 0.15) is 11.7 Å². The monoisotopic (exact) mass is 416 g/mol. The van der Waals surface area contributed by atoms with Gasteiger partial charge in [0.15, 0.2) is 0 Å². The molecule has 1 fully saturated rings. The molecule has 0 aliphatic heterocycles. The summed E-state index contributed by atoms with van der Waals surface area (Å²) < 4.78 is 15.1. The van der Waals surface area contributed by atoms with Crippen molar-refractivity contribution >= 4 is 18.2 Å². The number of carbonyl (C=O) groups is 3. The Balaban J connectivity index is 3.18. The smallest absolute Gasteiger partial charge is 0.444 e. The summed E-state index contributed by atoms with van der Waals surface area (Å²) in [6.45, 7) is 10.7. The van der Waals surface area contributed by atoms with Crippen LogP contribution in [0.5, 0.6) is 0 Å². The van der Waals surface area contributed by atoms with Crippen molar-refractivity contribution in [2.24, 2.45) is 11.8 Å². The molecular formula is C20H36N2O7. The summed E-state index contributed by atoms with van der Waals surface area (Å²) in [6.07, 6.45) is -1.80. The van der Waals surface area contributed by atoms with Crippen molar-refractivity contribution in [3.8, 4) is 0 Å². The summed E-state index contributed by atoms with van der Waals surface area (Å²) in [5, 5.41) is 16.7. The van der Waals surface area contributed by atoms with Gasteiger partial charge in [-0.2, -0.15) is 0 Å². The van der Waals surface area contributed by atoms with E-state index in [1.807, 2.05) is 13.8 Å². The Morgan fingerprint density at radius 1 is 1.17 bits per heavy atom. The maximum absolute atomic E-state index is 12.4. The van der Waals surface area contributed by atoms with E-state index in [0.717, 1.165) is 12.8 Å². The first-order valence-electron chi connectivity index (χ1n) is 10.1. The highest BCUT2D eigenvalue weighted by molar-refractivity contribution is 5.73. The highest BCUT2D eigenvalue weighted by atomic mass is 16.7. The molecule has 1 aliphatic rings. The number of rotatable bonds is 7. The second-order valence-corrected chi connectivity index (χ2v) is 8.47. The number of ether oxygens (including phenoxy) is 3. The van der Waals surface area contributed by atoms with Crippen molar-refractivity contribution in [2.45, 2.75) is 90.7 Å². The topological polar surface area (TPSA) is 123 Å². The quantitative estimate of drug-likeness (QED) is 0.544. The number of carbonyl (C=O) groups excluding carboxylic acids is 3. The second-order valence-electron chi connectivity index (χ2n) is 8.47. The third kappa shape index (κ3) is 7.38. The van der Waals surface area contributed by atoms with Crippen molar-refractivity contribution < 1.29 is 33.7 Å². The van der Waals surface area contributed by atoms with Crippen LogP contribution in [0.1, 0.15) is 60.8 Å². The summed E-state index contributed by atoms with van der Waals surface area (Å²) in [5.74, 6) is -0.730. The van der Waals surface area contributed by atoms with E-state index in [9.17, 15) is 19.5 Å². The fraction of sp³-hybridized carbons (Fsp3) is 0.850. The third-order valence-electron chi connectivity index (χ3n) is 5.18. The van der Waals surface area contributed by atoms with Crippen molar-refractivity contribution in [3.05, 3.63) is 0 Å². The van der Waals surface area contributed by atoms with E-state index in [1.165, 1.54) is 14.0 Å². The summed E-state index contributed by atoms with van der Waals surface area (Å²) in [5.41, 5.74) is -0.689. The summed E-state index contributed by atoms with van der Waals surface area (Å²) in [4.78, 5) is 35.8. The van der Waals surface area contributed by atoms with Crippen LogP contribution in [-0.2, 0) is 19.0 Å². The van der Waals surface area contributed by atoms with Crippen LogP contribution in [-0.4, -0.2) is 60.3 Å². The molecule has 0 radical (unpaired) electrons. The van der Waals surface area contributed by atoms with Crippen LogP contribution < -0.4 is 10.6 Å². The van der Waals surface area contributed by atoms with Gasteiger partial charge < -0.3 is 30.0 Å². The van der Waals surface area contributed by atoms with Gasteiger partial charge in [-0.3, -0.25) is 4.79 Å². The van der Waals surface area contributed by atoms with Gasteiger partial charge in [0.2, 0.25) is 5.91 Å². The normalized spacial score (nSPS) is 25.3. The van der Waals surface area contributed by atoms with Gasteiger partial charge in [-0.15, -0.1) is 0 Å². The van der Waals surface area contributed by atoms with E-state index in [2.05, 4.69) is 15.4 Å². The molecule has 0 spiro atoms. The minimum atomic E-state index is -1.09. The summed E-state index contributed by atoms with van der Waals surface area (Å²) in [7, 11) is 1.18. The molecule has 1 unspecified atom stereocenters. The lowest BCUT2D eigenvalue weighted by Crippen LogP contribution is -2.54. The summed E-state index contributed by atoms with van der Waals surface area (Å²) in [6, 6.07) is -0.976. The minimum Gasteiger partial charge on any atom is -0.444 e. The molecule has 168 valence electrons. The highest BCUT2D eigenvalue weighted by Crippen LogP contribution is 2.36.